The Balaban J connectivity index is 1.94. The van der Waals surface area contributed by atoms with Crippen molar-refractivity contribution in [2.75, 3.05) is 13.1 Å². The van der Waals surface area contributed by atoms with Crippen LogP contribution >= 0.6 is 0 Å². The maximum Gasteiger partial charge on any atom is 0.0182 e. The molecule has 2 nitrogen and oxygen atoms in total. The van der Waals surface area contributed by atoms with Crippen molar-refractivity contribution in [2.45, 2.75) is 44.7 Å². The first-order valence-corrected chi connectivity index (χ1v) is 5.12. The van der Waals surface area contributed by atoms with Gasteiger partial charge < -0.3 is 5.73 Å². The fourth-order valence-electron chi connectivity index (χ4n) is 2.15. The van der Waals surface area contributed by atoms with Gasteiger partial charge in [-0.05, 0) is 32.1 Å². The highest BCUT2D eigenvalue weighted by Gasteiger charge is 2.44. The number of piperidine rings is 1. The highest BCUT2D eigenvalue weighted by atomic mass is 15.2. The number of nitrogens with two attached hydrogens (primary N) is 1. The highest BCUT2D eigenvalue weighted by Crippen LogP contribution is 2.42. The molecule has 2 atom stereocenters. The van der Waals surface area contributed by atoms with Gasteiger partial charge in [0.2, 0.25) is 0 Å². The third-order valence-electron chi connectivity index (χ3n) is 3.71. The van der Waals surface area contributed by atoms with Crippen LogP contribution in [0.5, 0.6) is 0 Å². The molecule has 0 aromatic rings. The van der Waals surface area contributed by atoms with Crippen molar-refractivity contribution in [2.24, 2.45) is 11.7 Å². The first-order valence-electron chi connectivity index (χ1n) is 5.12. The van der Waals surface area contributed by atoms with E-state index >= 15 is 0 Å². The monoisotopic (exact) mass is 168 g/mol. The van der Waals surface area contributed by atoms with Crippen molar-refractivity contribution in [3.05, 3.63) is 0 Å². The molecule has 0 spiro atoms. The second kappa shape index (κ2) is 2.71. The quantitative estimate of drug-likeness (QED) is 0.637. The molecule has 1 saturated heterocycles. The molecule has 1 saturated carbocycles. The lowest BCUT2D eigenvalue weighted by molar-refractivity contribution is 0.111. The average Bonchev–Trinajstić information content (AvgIpc) is 2.75. The van der Waals surface area contributed by atoms with E-state index in [2.05, 4.69) is 18.7 Å². The molecule has 70 valence electrons. The van der Waals surface area contributed by atoms with E-state index in [0.29, 0.717) is 17.5 Å². The van der Waals surface area contributed by atoms with Gasteiger partial charge in [0.1, 0.15) is 0 Å². The molecule has 0 aromatic carbocycles. The molecule has 1 aliphatic heterocycles. The smallest absolute Gasteiger partial charge is 0.0182 e. The van der Waals surface area contributed by atoms with E-state index in [1.165, 1.54) is 32.4 Å². The molecular weight excluding hydrogens is 148 g/mol. The Morgan fingerprint density at radius 1 is 1.42 bits per heavy atom. The Morgan fingerprint density at radius 2 is 2.08 bits per heavy atom. The van der Waals surface area contributed by atoms with Crippen LogP contribution in [0.15, 0.2) is 0 Å². The standard InChI is InChI=1S/C10H20N2/c1-8-7-12(6-3-9(8)11)10(2)4-5-10/h8-9H,3-7,11H2,1-2H3. The molecule has 2 N–H and O–H groups in total. The lowest BCUT2D eigenvalue weighted by atomic mass is 9.93. The largest absolute Gasteiger partial charge is 0.327 e. The first-order chi connectivity index (χ1) is 5.62. The zero-order valence-corrected chi connectivity index (χ0v) is 8.21. The van der Waals surface area contributed by atoms with Crippen molar-refractivity contribution in [3.8, 4) is 0 Å². The van der Waals surface area contributed by atoms with E-state index in [0.717, 1.165) is 0 Å². The summed E-state index contributed by atoms with van der Waals surface area (Å²) in [6.07, 6.45) is 3.99. The summed E-state index contributed by atoms with van der Waals surface area (Å²) in [5.74, 6) is 0.691. The number of likely N-dealkylation sites (tertiary alicyclic amines) is 1. The van der Waals surface area contributed by atoms with Gasteiger partial charge in [0, 0.05) is 24.7 Å². The van der Waals surface area contributed by atoms with Gasteiger partial charge in [-0.15, -0.1) is 0 Å². The summed E-state index contributed by atoms with van der Waals surface area (Å²) in [7, 11) is 0. The van der Waals surface area contributed by atoms with Crippen molar-refractivity contribution in [3.63, 3.8) is 0 Å². The zero-order chi connectivity index (χ0) is 8.77. The summed E-state index contributed by atoms with van der Waals surface area (Å²) in [5, 5.41) is 0. The summed E-state index contributed by atoms with van der Waals surface area (Å²) >= 11 is 0. The van der Waals surface area contributed by atoms with E-state index in [9.17, 15) is 0 Å². The van der Waals surface area contributed by atoms with Crippen LogP contribution in [0.4, 0.5) is 0 Å². The lowest BCUT2D eigenvalue weighted by Crippen LogP contribution is -2.49. The molecule has 0 amide bonds. The zero-order valence-electron chi connectivity index (χ0n) is 8.21. The molecule has 0 radical (unpaired) electrons. The normalized spacial score (nSPS) is 41.2. The molecule has 12 heavy (non-hydrogen) atoms. The molecule has 2 rings (SSSR count). The second-order valence-electron chi connectivity index (χ2n) is 4.87. The van der Waals surface area contributed by atoms with E-state index in [4.69, 9.17) is 5.73 Å². The lowest BCUT2D eigenvalue weighted by Gasteiger charge is -2.39. The van der Waals surface area contributed by atoms with Gasteiger partial charge in [-0.25, -0.2) is 0 Å². The Morgan fingerprint density at radius 3 is 2.58 bits per heavy atom. The van der Waals surface area contributed by atoms with Gasteiger partial charge in [-0.2, -0.15) is 0 Å². The Kier molecular flexibility index (Phi) is 1.92. The van der Waals surface area contributed by atoms with Crippen LogP contribution in [-0.4, -0.2) is 29.6 Å². The summed E-state index contributed by atoms with van der Waals surface area (Å²) in [6, 6.07) is 0.448. The maximum absolute atomic E-state index is 5.98. The van der Waals surface area contributed by atoms with Crippen molar-refractivity contribution in [1.82, 2.24) is 4.90 Å². The number of hydrogen-bond donors (Lipinski definition) is 1. The Hall–Kier alpha value is -0.0800. The topological polar surface area (TPSA) is 29.3 Å². The molecule has 1 heterocycles. The van der Waals surface area contributed by atoms with Crippen molar-refractivity contribution in [1.29, 1.82) is 0 Å². The fourth-order valence-corrected chi connectivity index (χ4v) is 2.15. The summed E-state index contributed by atoms with van der Waals surface area (Å²) in [6.45, 7) is 7.11. The molecule has 0 aromatic heterocycles. The molecule has 0 bridgehead atoms. The van der Waals surface area contributed by atoms with Crippen LogP contribution in [0.2, 0.25) is 0 Å². The minimum atomic E-state index is 0.448. The van der Waals surface area contributed by atoms with Gasteiger partial charge in [-0.3, -0.25) is 4.90 Å². The molecule has 2 unspecified atom stereocenters. The van der Waals surface area contributed by atoms with Crippen molar-refractivity contribution >= 4 is 0 Å². The third-order valence-corrected chi connectivity index (χ3v) is 3.71. The number of nitrogens with zero attached hydrogens (tertiary/aromatic N) is 1. The van der Waals surface area contributed by atoms with Crippen LogP contribution in [-0.2, 0) is 0 Å². The van der Waals surface area contributed by atoms with E-state index < -0.39 is 0 Å². The van der Waals surface area contributed by atoms with Crippen LogP contribution < -0.4 is 5.73 Å². The van der Waals surface area contributed by atoms with Crippen LogP contribution in [0.1, 0.15) is 33.1 Å². The fraction of sp³-hybridized carbons (Fsp3) is 1.00. The maximum atomic E-state index is 5.98. The predicted octanol–water partition coefficient (Wildman–Crippen LogP) is 1.21. The first kappa shape index (κ1) is 8.52. The van der Waals surface area contributed by atoms with E-state index in [1.54, 1.807) is 0 Å². The third kappa shape index (κ3) is 1.38. The van der Waals surface area contributed by atoms with Gasteiger partial charge in [0.05, 0.1) is 0 Å². The molecular formula is C10H20N2. The van der Waals surface area contributed by atoms with E-state index in [1.807, 2.05) is 0 Å². The van der Waals surface area contributed by atoms with Gasteiger partial charge >= 0.3 is 0 Å². The minimum absolute atomic E-state index is 0.448. The van der Waals surface area contributed by atoms with E-state index in [-0.39, 0.29) is 0 Å². The van der Waals surface area contributed by atoms with Crippen LogP contribution in [0.25, 0.3) is 0 Å². The second-order valence-corrected chi connectivity index (χ2v) is 4.87. The summed E-state index contributed by atoms with van der Waals surface area (Å²) in [4.78, 5) is 2.64. The Bertz CT molecular complexity index is 175. The average molecular weight is 168 g/mol. The number of rotatable bonds is 1. The van der Waals surface area contributed by atoms with Crippen molar-refractivity contribution < 1.29 is 0 Å². The predicted molar refractivity (Wildman–Crippen MR) is 51.0 cm³/mol. The SMILES string of the molecule is CC1CN(C2(C)CC2)CCC1N. The molecule has 2 fully saturated rings. The number of hydrogen-bond acceptors (Lipinski definition) is 2. The molecule has 2 aliphatic rings. The van der Waals surface area contributed by atoms with Crippen LogP contribution in [0.3, 0.4) is 0 Å². The molecule has 1 aliphatic carbocycles. The highest BCUT2D eigenvalue weighted by molar-refractivity contribution is 5.01. The van der Waals surface area contributed by atoms with Crippen LogP contribution in [0, 0.1) is 5.92 Å². The minimum Gasteiger partial charge on any atom is -0.327 e. The summed E-state index contributed by atoms with van der Waals surface area (Å²) in [5.41, 5.74) is 6.54. The van der Waals surface area contributed by atoms with Gasteiger partial charge in [-0.1, -0.05) is 6.92 Å². The van der Waals surface area contributed by atoms with Gasteiger partial charge in [0.25, 0.3) is 0 Å². The summed E-state index contributed by atoms with van der Waals surface area (Å²) < 4.78 is 0. The molecule has 2 heteroatoms. The Labute approximate surface area is 75.1 Å². The van der Waals surface area contributed by atoms with Gasteiger partial charge in [0.15, 0.2) is 0 Å².